The second-order valence-corrected chi connectivity index (χ2v) is 6.59. The Hall–Kier alpha value is -2.64. The first kappa shape index (κ1) is 16.8. The van der Waals surface area contributed by atoms with Gasteiger partial charge in [-0.2, -0.15) is 0 Å². The number of hydrogen-bond acceptors (Lipinski definition) is 6. The van der Waals surface area contributed by atoms with Gasteiger partial charge in [0.05, 0.1) is 12.5 Å². The molecule has 1 unspecified atom stereocenters. The van der Waals surface area contributed by atoms with Crippen molar-refractivity contribution in [1.29, 1.82) is 0 Å². The number of halogens is 1. The third kappa shape index (κ3) is 3.00. The standard InChI is InChI=1S/C18H17ClN4O3/c1-26-11-6-7-14(19)13(9-11)17(24)22-23-16(10-4-5-10)21-15-12(18(23)25)3-2-8-20-15/h2-3,6-10,17,22,24H,4-5H2,1H3. The highest BCUT2D eigenvalue weighted by Gasteiger charge is 2.30. The number of fused-ring (bicyclic) bond motifs is 1. The van der Waals surface area contributed by atoms with Crippen LogP contribution in [0.2, 0.25) is 5.02 Å². The molecule has 2 aromatic heterocycles. The summed E-state index contributed by atoms with van der Waals surface area (Å²) in [6.45, 7) is 0. The third-order valence-corrected chi connectivity index (χ3v) is 4.71. The van der Waals surface area contributed by atoms with Crippen molar-refractivity contribution in [3.63, 3.8) is 0 Å². The van der Waals surface area contributed by atoms with Gasteiger partial charge >= 0.3 is 0 Å². The van der Waals surface area contributed by atoms with Crippen LogP contribution in [0.4, 0.5) is 0 Å². The molecule has 0 aliphatic heterocycles. The molecule has 2 heterocycles. The number of hydrogen-bond donors (Lipinski definition) is 2. The highest BCUT2D eigenvalue weighted by Crippen LogP contribution is 2.38. The third-order valence-electron chi connectivity index (χ3n) is 4.36. The number of nitrogens with zero attached hydrogens (tertiary/aromatic N) is 3. The van der Waals surface area contributed by atoms with Crippen molar-refractivity contribution in [1.82, 2.24) is 14.6 Å². The lowest BCUT2D eigenvalue weighted by molar-refractivity contribution is 0.189. The zero-order chi connectivity index (χ0) is 18.3. The van der Waals surface area contributed by atoms with Gasteiger partial charge in [0, 0.05) is 22.7 Å². The van der Waals surface area contributed by atoms with Crippen LogP contribution < -0.4 is 15.7 Å². The van der Waals surface area contributed by atoms with Gasteiger partial charge in [-0.3, -0.25) is 10.2 Å². The van der Waals surface area contributed by atoms with E-state index in [4.69, 9.17) is 16.3 Å². The fraction of sp³-hybridized carbons (Fsp3) is 0.278. The van der Waals surface area contributed by atoms with E-state index in [-0.39, 0.29) is 11.5 Å². The van der Waals surface area contributed by atoms with E-state index in [2.05, 4.69) is 15.4 Å². The summed E-state index contributed by atoms with van der Waals surface area (Å²) in [7, 11) is 1.53. The molecular weight excluding hydrogens is 356 g/mol. The Bertz CT molecular complexity index is 1030. The van der Waals surface area contributed by atoms with E-state index < -0.39 is 6.23 Å². The molecular formula is C18H17ClN4O3. The summed E-state index contributed by atoms with van der Waals surface area (Å²) in [6, 6.07) is 8.30. The van der Waals surface area contributed by atoms with Gasteiger partial charge in [0.1, 0.15) is 11.6 Å². The fourth-order valence-corrected chi connectivity index (χ4v) is 3.05. The molecule has 0 radical (unpaired) electrons. The first-order valence-corrected chi connectivity index (χ1v) is 8.62. The van der Waals surface area contributed by atoms with Gasteiger partial charge in [-0.25, -0.2) is 14.6 Å². The highest BCUT2D eigenvalue weighted by atomic mass is 35.5. The maximum absolute atomic E-state index is 12.9. The number of benzene rings is 1. The van der Waals surface area contributed by atoms with Crippen LogP contribution in [0.25, 0.3) is 11.0 Å². The predicted octanol–water partition coefficient (Wildman–Crippen LogP) is 2.57. The zero-order valence-corrected chi connectivity index (χ0v) is 14.8. The van der Waals surface area contributed by atoms with Gasteiger partial charge in [0.2, 0.25) is 0 Å². The minimum atomic E-state index is -1.20. The summed E-state index contributed by atoms with van der Waals surface area (Å²) in [5.41, 5.74) is 3.34. The van der Waals surface area contributed by atoms with Gasteiger partial charge < -0.3 is 9.84 Å². The summed E-state index contributed by atoms with van der Waals surface area (Å²) in [5.74, 6) is 1.30. The lowest BCUT2D eigenvalue weighted by Crippen LogP contribution is -2.35. The molecule has 2 N–H and O–H groups in total. The number of aromatic nitrogens is 3. The van der Waals surface area contributed by atoms with Crippen molar-refractivity contribution in [2.24, 2.45) is 0 Å². The molecule has 1 fully saturated rings. The van der Waals surface area contributed by atoms with Crippen LogP contribution in [0.15, 0.2) is 41.3 Å². The molecule has 8 heteroatoms. The van der Waals surface area contributed by atoms with Gasteiger partial charge in [0.15, 0.2) is 11.9 Å². The minimum Gasteiger partial charge on any atom is -0.497 e. The molecule has 0 amide bonds. The Morgan fingerprint density at radius 1 is 1.38 bits per heavy atom. The van der Waals surface area contributed by atoms with Gasteiger partial charge in [0.25, 0.3) is 5.56 Å². The lowest BCUT2D eigenvalue weighted by atomic mass is 10.2. The topological polar surface area (TPSA) is 89.3 Å². The molecule has 4 rings (SSSR count). The maximum atomic E-state index is 12.9. The molecule has 0 spiro atoms. The summed E-state index contributed by atoms with van der Waals surface area (Å²) in [6.07, 6.45) is 2.29. The van der Waals surface area contributed by atoms with Crippen LogP contribution in [0.5, 0.6) is 5.75 Å². The van der Waals surface area contributed by atoms with Crippen molar-refractivity contribution in [2.45, 2.75) is 25.0 Å². The summed E-state index contributed by atoms with van der Waals surface area (Å²) < 4.78 is 6.48. The monoisotopic (exact) mass is 372 g/mol. The molecule has 3 aromatic rings. The predicted molar refractivity (Wildman–Crippen MR) is 98.1 cm³/mol. The largest absolute Gasteiger partial charge is 0.497 e. The van der Waals surface area contributed by atoms with E-state index in [1.54, 1.807) is 36.5 Å². The summed E-state index contributed by atoms with van der Waals surface area (Å²) in [5, 5.41) is 11.4. The highest BCUT2D eigenvalue weighted by molar-refractivity contribution is 6.31. The quantitative estimate of drug-likeness (QED) is 0.669. The first-order valence-electron chi connectivity index (χ1n) is 8.24. The summed E-state index contributed by atoms with van der Waals surface area (Å²) >= 11 is 6.20. The van der Waals surface area contributed by atoms with E-state index in [0.29, 0.717) is 33.2 Å². The molecule has 134 valence electrons. The Labute approximate surface area is 154 Å². The second kappa shape index (κ2) is 6.59. The van der Waals surface area contributed by atoms with E-state index in [9.17, 15) is 9.90 Å². The molecule has 1 aliphatic carbocycles. The van der Waals surface area contributed by atoms with Crippen LogP contribution in [0, 0.1) is 0 Å². The summed E-state index contributed by atoms with van der Waals surface area (Å²) in [4.78, 5) is 21.6. The SMILES string of the molecule is COc1ccc(Cl)c(C(O)Nn2c(C3CC3)nc3ncccc3c2=O)c1. The molecule has 0 saturated heterocycles. The number of ether oxygens (including phenoxy) is 1. The zero-order valence-electron chi connectivity index (χ0n) is 14.0. The number of aliphatic hydroxyl groups excluding tert-OH is 1. The van der Waals surface area contributed by atoms with Crippen molar-refractivity contribution >= 4 is 22.6 Å². The number of methoxy groups -OCH3 is 1. The maximum Gasteiger partial charge on any atom is 0.281 e. The van der Waals surface area contributed by atoms with Crippen molar-refractivity contribution < 1.29 is 9.84 Å². The Morgan fingerprint density at radius 3 is 2.92 bits per heavy atom. The van der Waals surface area contributed by atoms with Crippen LogP contribution in [0.1, 0.15) is 36.4 Å². The van der Waals surface area contributed by atoms with Gasteiger partial charge in [-0.1, -0.05) is 11.6 Å². The molecule has 0 bridgehead atoms. The Balaban J connectivity index is 1.78. The normalized spacial score (nSPS) is 15.0. The molecule has 1 atom stereocenters. The average Bonchev–Trinajstić information content (AvgIpc) is 3.49. The lowest BCUT2D eigenvalue weighted by Gasteiger charge is -2.20. The van der Waals surface area contributed by atoms with Crippen LogP contribution in [0.3, 0.4) is 0 Å². The van der Waals surface area contributed by atoms with E-state index >= 15 is 0 Å². The van der Waals surface area contributed by atoms with E-state index in [1.807, 2.05) is 0 Å². The molecule has 26 heavy (non-hydrogen) atoms. The smallest absolute Gasteiger partial charge is 0.281 e. The Morgan fingerprint density at radius 2 is 2.19 bits per heavy atom. The van der Waals surface area contributed by atoms with Crippen LogP contribution in [-0.4, -0.2) is 26.9 Å². The molecule has 1 saturated carbocycles. The number of pyridine rings is 1. The van der Waals surface area contributed by atoms with Crippen molar-refractivity contribution in [2.75, 3.05) is 12.5 Å². The number of aliphatic hydroxyl groups is 1. The fourth-order valence-electron chi connectivity index (χ4n) is 2.83. The van der Waals surface area contributed by atoms with E-state index in [1.165, 1.54) is 11.8 Å². The Kier molecular flexibility index (Phi) is 4.26. The molecule has 1 aromatic carbocycles. The van der Waals surface area contributed by atoms with Gasteiger partial charge in [-0.15, -0.1) is 0 Å². The van der Waals surface area contributed by atoms with Crippen molar-refractivity contribution in [3.05, 3.63) is 63.3 Å². The second-order valence-electron chi connectivity index (χ2n) is 6.18. The van der Waals surface area contributed by atoms with Gasteiger partial charge in [-0.05, 0) is 43.2 Å². The average molecular weight is 373 g/mol. The first-order chi connectivity index (χ1) is 12.6. The molecule has 7 nitrogen and oxygen atoms in total. The number of rotatable bonds is 5. The minimum absolute atomic E-state index is 0.176. The van der Waals surface area contributed by atoms with E-state index in [0.717, 1.165) is 12.8 Å². The van der Waals surface area contributed by atoms with Crippen LogP contribution in [-0.2, 0) is 0 Å². The number of nitrogens with one attached hydrogen (secondary N) is 1. The van der Waals surface area contributed by atoms with Crippen molar-refractivity contribution in [3.8, 4) is 5.75 Å². The van der Waals surface area contributed by atoms with Crippen LogP contribution >= 0.6 is 11.6 Å². The molecule has 1 aliphatic rings.